The Morgan fingerprint density at radius 1 is 1.09 bits per heavy atom. The number of rotatable bonds is 10. The number of nitrogens with zero attached hydrogens (tertiary/aromatic N) is 3. The van der Waals surface area contributed by atoms with Gasteiger partial charge in [0.2, 0.25) is 5.91 Å². The molecule has 250 valence electrons. The second kappa shape index (κ2) is 14.3. The summed E-state index contributed by atoms with van der Waals surface area (Å²) in [5.41, 5.74) is 1.16. The fraction of sp³-hybridized carbons (Fsp3) is 0.486. The molecule has 0 N–H and O–H groups in total. The van der Waals surface area contributed by atoms with Gasteiger partial charge in [-0.15, -0.1) is 11.6 Å². The van der Waals surface area contributed by atoms with Crippen LogP contribution in [0.4, 0.5) is 18.0 Å². The highest BCUT2D eigenvalue weighted by molar-refractivity contribution is 6.77. The summed E-state index contributed by atoms with van der Waals surface area (Å²) in [6.07, 6.45) is -0.176. The Morgan fingerprint density at radius 3 is 2.35 bits per heavy atom. The fourth-order valence-corrected chi connectivity index (χ4v) is 9.75. The summed E-state index contributed by atoms with van der Waals surface area (Å²) in [7, 11) is -2.24. The predicted molar refractivity (Wildman–Crippen MR) is 179 cm³/mol. The SMILES string of the molecule is CCOC(=O)N1C[C@H](F)[C@@H](CN(C(=O)CCl)[C@@H](c2cc(-c3cc(F)ccc3F)cn2Cc2ccccc2)C(C)(C)C)C1[Si](C)(C)C. The van der Waals surface area contributed by atoms with Crippen molar-refractivity contribution in [3.8, 4) is 11.1 Å². The molecule has 1 aromatic heterocycles. The zero-order valence-corrected chi connectivity index (χ0v) is 29.5. The Bertz CT molecular complexity index is 1520. The molecular formula is C35H45ClF3N3O3Si. The van der Waals surface area contributed by atoms with Crippen molar-refractivity contribution in [1.29, 1.82) is 0 Å². The van der Waals surface area contributed by atoms with Crippen LogP contribution in [0, 0.1) is 23.0 Å². The quantitative estimate of drug-likeness (QED) is 0.161. The van der Waals surface area contributed by atoms with E-state index in [4.69, 9.17) is 16.3 Å². The number of benzene rings is 2. The lowest BCUT2D eigenvalue weighted by Gasteiger charge is -2.44. The molecule has 0 bridgehead atoms. The summed E-state index contributed by atoms with van der Waals surface area (Å²) in [5.74, 6) is -2.54. The minimum absolute atomic E-state index is 0.0136. The summed E-state index contributed by atoms with van der Waals surface area (Å²) in [5, 5.41) is 0. The molecular weight excluding hydrogens is 631 g/mol. The molecule has 1 aliphatic rings. The largest absolute Gasteiger partial charge is 0.450 e. The lowest BCUT2D eigenvalue weighted by molar-refractivity contribution is -0.135. The Hall–Kier alpha value is -3.24. The van der Waals surface area contributed by atoms with E-state index in [1.807, 2.05) is 55.7 Å². The Kier molecular flexibility index (Phi) is 11.0. The number of hydrogen-bond donors (Lipinski definition) is 0. The molecule has 4 rings (SSSR count). The van der Waals surface area contributed by atoms with Crippen LogP contribution in [0.25, 0.3) is 11.1 Å². The number of amides is 2. The molecule has 2 aromatic carbocycles. The van der Waals surface area contributed by atoms with E-state index in [2.05, 4.69) is 19.6 Å². The normalized spacial score (nSPS) is 19.3. The van der Waals surface area contributed by atoms with Gasteiger partial charge in [0.15, 0.2) is 0 Å². The molecule has 11 heteroatoms. The topological polar surface area (TPSA) is 54.8 Å². The molecule has 1 fully saturated rings. The second-order valence-corrected chi connectivity index (χ2v) is 19.8. The molecule has 0 saturated carbocycles. The van der Waals surface area contributed by atoms with Crippen LogP contribution in [0.15, 0.2) is 60.8 Å². The molecule has 0 radical (unpaired) electrons. The standard InChI is InChI=1S/C35H45ClF3N3O3Si/c1-8-45-34(44)42-22-29(39)27(33(42)46(5,6)7)21-41(31(43)18-36)32(35(2,3)4)30-16-24(26-17-25(37)14-15-28(26)38)20-40(30)19-23-12-10-9-11-13-23/h9-17,20,27,29,32-33H,8,18-19,21-22H2,1-7H3/t27-,29+,32+,33?/m1/s1. The average Bonchev–Trinajstić information content (AvgIpc) is 3.54. The van der Waals surface area contributed by atoms with Crippen molar-refractivity contribution in [2.75, 3.05) is 25.6 Å². The molecule has 46 heavy (non-hydrogen) atoms. The summed E-state index contributed by atoms with van der Waals surface area (Å²) in [6, 6.07) is 14.2. The number of carbonyl (C=O) groups is 2. The molecule has 1 unspecified atom stereocenters. The van der Waals surface area contributed by atoms with Gasteiger partial charge in [-0.25, -0.2) is 18.0 Å². The third-order valence-electron chi connectivity index (χ3n) is 8.59. The van der Waals surface area contributed by atoms with E-state index >= 15 is 8.78 Å². The van der Waals surface area contributed by atoms with Crippen molar-refractivity contribution in [2.24, 2.45) is 11.3 Å². The van der Waals surface area contributed by atoms with Gasteiger partial charge in [-0.3, -0.25) is 4.79 Å². The molecule has 0 spiro atoms. The summed E-state index contributed by atoms with van der Waals surface area (Å²) in [4.78, 5) is 30.0. The number of aromatic nitrogens is 1. The van der Waals surface area contributed by atoms with Gasteiger partial charge in [-0.05, 0) is 42.2 Å². The van der Waals surface area contributed by atoms with Crippen LogP contribution in [-0.2, 0) is 16.1 Å². The number of halogens is 4. The second-order valence-electron chi connectivity index (χ2n) is 14.2. The van der Waals surface area contributed by atoms with Crippen molar-refractivity contribution < 1.29 is 27.5 Å². The molecule has 0 aliphatic carbocycles. The van der Waals surface area contributed by atoms with Gasteiger partial charge in [0.05, 0.1) is 27.3 Å². The highest BCUT2D eigenvalue weighted by Gasteiger charge is 2.52. The first-order valence-corrected chi connectivity index (χ1v) is 19.8. The van der Waals surface area contributed by atoms with Crippen LogP contribution in [0.3, 0.4) is 0 Å². The number of ether oxygens (including phenoxy) is 1. The minimum Gasteiger partial charge on any atom is -0.450 e. The van der Waals surface area contributed by atoms with Gasteiger partial charge in [0.25, 0.3) is 0 Å². The number of carbonyl (C=O) groups excluding carboxylic acids is 2. The molecule has 2 amide bonds. The monoisotopic (exact) mass is 675 g/mol. The van der Waals surface area contributed by atoms with Gasteiger partial charge in [-0.2, -0.15) is 0 Å². The van der Waals surface area contributed by atoms with Crippen molar-refractivity contribution in [2.45, 2.75) is 71.8 Å². The van der Waals surface area contributed by atoms with Crippen LogP contribution >= 0.6 is 11.6 Å². The van der Waals surface area contributed by atoms with E-state index in [9.17, 15) is 14.0 Å². The number of alkyl halides is 2. The predicted octanol–water partition coefficient (Wildman–Crippen LogP) is 8.31. The van der Waals surface area contributed by atoms with Gasteiger partial charge < -0.3 is 19.1 Å². The van der Waals surface area contributed by atoms with E-state index in [1.54, 1.807) is 24.1 Å². The van der Waals surface area contributed by atoms with Crippen LogP contribution in [0.5, 0.6) is 0 Å². The van der Waals surface area contributed by atoms with Gasteiger partial charge in [0.1, 0.15) is 23.7 Å². The fourth-order valence-electron chi connectivity index (χ4n) is 6.85. The summed E-state index contributed by atoms with van der Waals surface area (Å²) < 4.78 is 52.8. The molecule has 4 atom stereocenters. The van der Waals surface area contributed by atoms with Crippen molar-refractivity contribution in [3.63, 3.8) is 0 Å². The van der Waals surface area contributed by atoms with Crippen molar-refractivity contribution in [3.05, 3.63) is 83.7 Å². The van der Waals surface area contributed by atoms with Gasteiger partial charge in [-0.1, -0.05) is 70.7 Å². The Balaban J connectivity index is 1.88. The van der Waals surface area contributed by atoms with E-state index in [1.165, 1.54) is 4.90 Å². The third-order valence-corrected chi connectivity index (χ3v) is 11.3. The highest BCUT2D eigenvalue weighted by atomic mass is 35.5. The number of likely N-dealkylation sites (tertiary alicyclic amines) is 1. The Morgan fingerprint density at radius 2 is 1.76 bits per heavy atom. The molecule has 2 heterocycles. The zero-order chi connectivity index (χ0) is 34.0. The molecule has 1 aliphatic heterocycles. The number of hydrogen-bond acceptors (Lipinski definition) is 3. The average molecular weight is 676 g/mol. The first-order valence-electron chi connectivity index (χ1n) is 15.7. The lowest BCUT2D eigenvalue weighted by Crippen LogP contribution is -2.56. The molecule has 3 aromatic rings. The highest BCUT2D eigenvalue weighted by Crippen LogP contribution is 2.43. The first-order chi connectivity index (χ1) is 21.6. The summed E-state index contributed by atoms with van der Waals surface area (Å²) in [6.45, 7) is 14.4. The zero-order valence-electron chi connectivity index (χ0n) is 27.7. The van der Waals surface area contributed by atoms with Gasteiger partial charge >= 0.3 is 6.09 Å². The maximum atomic E-state index is 16.1. The maximum Gasteiger partial charge on any atom is 0.409 e. The summed E-state index contributed by atoms with van der Waals surface area (Å²) >= 11 is 6.25. The van der Waals surface area contributed by atoms with E-state index in [-0.39, 0.29) is 37.0 Å². The molecule has 6 nitrogen and oxygen atoms in total. The first kappa shape index (κ1) is 35.6. The van der Waals surface area contributed by atoms with E-state index < -0.39 is 55.0 Å². The van der Waals surface area contributed by atoms with Crippen LogP contribution < -0.4 is 0 Å². The van der Waals surface area contributed by atoms with Crippen molar-refractivity contribution in [1.82, 2.24) is 14.4 Å². The maximum absolute atomic E-state index is 16.1. The lowest BCUT2D eigenvalue weighted by atomic mass is 9.82. The minimum atomic E-state index is -2.24. The van der Waals surface area contributed by atoms with Crippen LogP contribution in [0.1, 0.15) is 45.0 Å². The van der Waals surface area contributed by atoms with Gasteiger partial charge in [0, 0.05) is 47.7 Å². The Labute approximate surface area is 276 Å². The van der Waals surface area contributed by atoms with Crippen LogP contribution in [-0.4, -0.2) is 71.9 Å². The van der Waals surface area contributed by atoms with E-state index in [0.29, 0.717) is 17.8 Å². The van der Waals surface area contributed by atoms with E-state index in [0.717, 1.165) is 23.8 Å². The molecule has 1 saturated heterocycles. The smallest absolute Gasteiger partial charge is 0.409 e. The third kappa shape index (κ3) is 7.82. The van der Waals surface area contributed by atoms with Crippen molar-refractivity contribution >= 4 is 31.7 Å². The van der Waals surface area contributed by atoms with Crippen LogP contribution in [0.2, 0.25) is 19.6 Å².